The van der Waals surface area contributed by atoms with Crippen LogP contribution >= 0.6 is 11.3 Å². The highest BCUT2D eigenvalue weighted by atomic mass is 32.1. The van der Waals surface area contributed by atoms with Crippen molar-refractivity contribution >= 4 is 21.4 Å². The molecule has 1 N–H and O–H groups in total. The molecule has 4 heteroatoms. The lowest BCUT2D eigenvalue weighted by Crippen LogP contribution is -2.23. The molecule has 0 aliphatic carbocycles. The molecule has 0 aliphatic rings. The SMILES string of the molecule is CNC(c1cc2cc(F)ccc2s1)C(C)CCOC. The summed E-state index contributed by atoms with van der Waals surface area (Å²) in [5.41, 5.74) is 0. The van der Waals surface area contributed by atoms with Crippen LogP contribution in [0.5, 0.6) is 0 Å². The zero-order valence-electron chi connectivity index (χ0n) is 11.6. The van der Waals surface area contributed by atoms with Gasteiger partial charge in [-0.2, -0.15) is 0 Å². The Labute approximate surface area is 117 Å². The summed E-state index contributed by atoms with van der Waals surface area (Å²) in [5, 5.41) is 4.35. The summed E-state index contributed by atoms with van der Waals surface area (Å²) >= 11 is 1.73. The number of rotatable bonds is 6. The Morgan fingerprint density at radius 2 is 2.16 bits per heavy atom. The van der Waals surface area contributed by atoms with Crippen molar-refractivity contribution < 1.29 is 9.13 Å². The van der Waals surface area contributed by atoms with Crippen LogP contribution in [0, 0.1) is 11.7 Å². The van der Waals surface area contributed by atoms with Gasteiger partial charge < -0.3 is 10.1 Å². The smallest absolute Gasteiger partial charge is 0.123 e. The first-order valence-electron chi connectivity index (χ1n) is 6.51. The molecule has 2 atom stereocenters. The minimum absolute atomic E-state index is 0.176. The number of thiophene rings is 1. The predicted molar refractivity (Wildman–Crippen MR) is 79.2 cm³/mol. The highest BCUT2D eigenvalue weighted by Crippen LogP contribution is 2.34. The van der Waals surface area contributed by atoms with Gasteiger partial charge in [0.15, 0.2) is 0 Å². The largest absolute Gasteiger partial charge is 0.385 e. The maximum atomic E-state index is 13.2. The van der Waals surface area contributed by atoms with Crippen molar-refractivity contribution in [2.75, 3.05) is 20.8 Å². The normalized spacial score (nSPS) is 14.7. The van der Waals surface area contributed by atoms with Crippen molar-refractivity contribution in [1.29, 1.82) is 0 Å². The van der Waals surface area contributed by atoms with E-state index in [-0.39, 0.29) is 11.9 Å². The Kier molecular flexibility index (Phi) is 4.91. The van der Waals surface area contributed by atoms with Crippen molar-refractivity contribution in [2.24, 2.45) is 5.92 Å². The van der Waals surface area contributed by atoms with Crippen LogP contribution < -0.4 is 5.32 Å². The monoisotopic (exact) mass is 281 g/mol. The summed E-state index contributed by atoms with van der Waals surface area (Å²) in [6, 6.07) is 7.35. The van der Waals surface area contributed by atoms with E-state index in [1.165, 1.54) is 10.9 Å². The van der Waals surface area contributed by atoms with Crippen molar-refractivity contribution in [3.05, 3.63) is 35.0 Å². The molecule has 2 aromatic rings. The zero-order valence-corrected chi connectivity index (χ0v) is 12.4. The summed E-state index contributed by atoms with van der Waals surface area (Å²) < 4.78 is 19.5. The Balaban J connectivity index is 2.24. The highest BCUT2D eigenvalue weighted by molar-refractivity contribution is 7.19. The molecule has 0 aliphatic heterocycles. The Morgan fingerprint density at radius 3 is 2.84 bits per heavy atom. The summed E-state index contributed by atoms with van der Waals surface area (Å²) in [6.07, 6.45) is 1.00. The van der Waals surface area contributed by atoms with Crippen LogP contribution in [0.3, 0.4) is 0 Å². The van der Waals surface area contributed by atoms with Crippen LogP contribution in [0.15, 0.2) is 24.3 Å². The fourth-order valence-electron chi connectivity index (χ4n) is 2.37. The average Bonchev–Trinajstić information content (AvgIpc) is 2.79. The van der Waals surface area contributed by atoms with Gasteiger partial charge >= 0.3 is 0 Å². The van der Waals surface area contributed by atoms with E-state index in [0.717, 1.165) is 23.1 Å². The molecule has 19 heavy (non-hydrogen) atoms. The number of ether oxygens (including phenoxy) is 1. The molecule has 2 rings (SSSR count). The fourth-order valence-corrected chi connectivity index (χ4v) is 3.65. The summed E-state index contributed by atoms with van der Waals surface area (Å²) in [5.74, 6) is 0.299. The van der Waals surface area contributed by atoms with Crippen LogP contribution in [-0.4, -0.2) is 20.8 Å². The van der Waals surface area contributed by atoms with Gasteiger partial charge in [0.25, 0.3) is 0 Å². The van der Waals surface area contributed by atoms with Crippen LogP contribution in [0.1, 0.15) is 24.3 Å². The van der Waals surface area contributed by atoms with Gasteiger partial charge in [-0.3, -0.25) is 0 Å². The van der Waals surface area contributed by atoms with Gasteiger partial charge in [0.1, 0.15) is 5.82 Å². The molecular weight excluding hydrogens is 261 g/mol. The minimum Gasteiger partial charge on any atom is -0.385 e. The predicted octanol–water partition coefficient (Wildman–Crippen LogP) is 3.97. The van der Waals surface area contributed by atoms with E-state index in [4.69, 9.17) is 4.74 Å². The van der Waals surface area contributed by atoms with E-state index in [9.17, 15) is 4.39 Å². The van der Waals surface area contributed by atoms with Gasteiger partial charge in [-0.05, 0) is 49.0 Å². The quantitative estimate of drug-likeness (QED) is 0.865. The van der Waals surface area contributed by atoms with Gasteiger partial charge in [-0.15, -0.1) is 11.3 Å². The number of halogens is 1. The molecule has 104 valence electrons. The number of hydrogen-bond donors (Lipinski definition) is 1. The molecule has 1 heterocycles. The van der Waals surface area contributed by atoms with Gasteiger partial charge in [0.05, 0.1) is 0 Å². The molecule has 1 aromatic heterocycles. The first-order chi connectivity index (χ1) is 9.15. The molecule has 0 amide bonds. The molecule has 1 aromatic carbocycles. The van der Waals surface area contributed by atoms with Crippen LogP contribution in [0.25, 0.3) is 10.1 Å². The maximum absolute atomic E-state index is 13.2. The first kappa shape index (κ1) is 14.4. The lowest BCUT2D eigenvalue weighted by Gasteiger charge is -2.22. The lowest BCUT2D eigenvalue weighted by molar-refractivity contribution is 0.171. The average molecular weight is 281 g/mol. The molecule has 0 radical (unpaired) electrons. The van der Waals surface area contributed by atoms with E-state index in [0.29, 0.717) is 5.92 Å². The minimum atomic E-state index is -0.176. The van der Waals surface area contributed by atoms with Crippen molar-refractivity contribution in [2.45, 2.75) is 19.4 Å². The second-order valence-electron chi connectivity index (χ2n) is 4.86. The number of benzene rings is 1. The van der Waals surface area contributed by atoms with E-state index in [1.54, 1.807) is 24.5 Å². The number of methoxy groups -OCH3 is 1. The van der Waals surface area contributed by atoms with Crippen molar-refractivity contribution in [1.82, 2.24) is 5.32 Å². The Morgan fingerprint density at radius 1 is 1.37 bits per heavy atom. The molecule has 0 saturated heterocycles. The first-order valence-corrected chi connectivity index (χ1v) is 7.32. The topological polar surface area (TPSA) is 21.3 Å². The highest BCUT2D eigenvalue weighted by Gasteiger charge is 2.19. The lowest BCUT2D eigenvalue weighted by atomic mass is 9.97. The third-order valence-corrected chi connectivity index (χ3v) is 4.66. The maximum Gasteiger partial charge on any atom is 0.123 e. The van der Waals surface area contributed by atoms with Crippen LogP contribution in [-0.2, 0) is 4.74 Å². The third kappa shape index (κ3) is 3.32. The van der Waals surface area contributed by atoms with Gasteiger partial charge in [-0.1, -0.05) is 6.92 Å². The van der Waals surface area contributed by atoms with Crippen molar-refractivity contribution in [3.8, 4) is 0 Å². The molecule has 2 nitrogen and oxygen atoms in total. The van der Waals surface area contributed by atoms with E-state index < -0.39 is 0 Å². The summed E-state index contributed by atoms with van der Waals surface area (Å²) in [6.45, 7) is 2.98. The second kappa shape index (κ2) is 6.46. The van der Waals surface area contributed by atoms with Crippen LogP contribution in [0.2, 0.25) is 0 Å². The molecule has 2 unspecified atom stereocenters. The van der Waals surface area contributed by atoms with Gasteiger partial charge in [0.2, 0.25) is 0 Å². The van der Waals surface area contributed by atoms with E-state index in [1.807, 2.05) is 13.1 Å². The number of fused-ring (bicyclic) bond motifs is 1. The molecule has 0 fully saturated rings. The number of hydrogen-bond acceptors (Lipinski definition) is 3. The Hall–Kier alpha value is -0.970. The van der Waals surface area contributed by atoms with Crippen molar-refractivity contribution in [3.63, 3.8) is 0 Å². The fraction of sp³-hybridized carbons (Fsp3) is 0.467. The van der Waals surface area contributed by atoms with Gasteiger partial charge in [0, 0.05) is 29.3 Å². The molecular formula is C15H20FNOS. The molecule has 0 spiro atoms. The molecule has 0 saturated carbocycles. The number of nitrogens with one attached hydrogen (secondary N) is 1. The molecule has 0 bridgehead atoms. The summed E-state index contributed by atoms with van der Waals surface area (Å²) in [7, 11) is 3.70. The second-order valence-corrected chi connectivity index (χ2v) is 5.97. The zero-order chi connectivity index (χ0) is 13.8. The third-order valence-electron chi connectivity index (χ3n) is 3.46. The standard InChI is InChI=1S/C15H20FNOS/c1-10(6-7-18-3)15(17-2)14-9-11-8-12(16)4-5-13(11)19-14/h4-5,8-10,15,17H,6-7H2,1-3H3. The van der Waals surface area contributed by atoms with E-state index in [2.05, 4.69) is 18.3 Å². The van der Waals surface area contributed by atoms with Crippen LogP contribution in [0.4, 0.5) is 4.39 Å². The summed E-state index contributed by atoms with van der Waals surface area (Å²) in [4.78, 5) is 1.26. The van der Waals surface area contributed by atoms with Gasteiger partial charge in [-0.25, -0.2) is 4.39 Å². The Bertz CT molecular complexity index is 540. The van der Waals surface area contributed by atoms with E-state index >= 15 is 0 Å².